The van der Waals surface area contributed by atoms with Gasteiger partial charge in [-0.05, 0) is 112 Å². The molecule has 11 aromatic carbocycles. The van der Waals surface area contributed by atoms with Crippen molar-refractivity contribution >= 4 is 114 Å². The topological polar surface area (TPSA) is 43.8 Å². The van der Waals surface area contributed by atoms with Gasteiger partial charge < -0.3 is 4.57 Å². The molecule has 0 N–H and O–H groups in total. The van der Waals surface area contributed by atoms with Gasteiger partial charge in [-0.3, -0.25) is 14.0 Å². The molecule has 5 heterocycles. The lowest BCUT2D eigenvalue weighted by Gasteiger charge is -2.26. The van der Waals surface area contributed by atoms with Crippen LogP contribution < -0.4 is 4.90 Å². The van der Waals surface area contributed by atoms with Crippen molar-refractivity contribution in [1.29, 1.82) is 0 Å². The highest BCUT2D eigenvalue weighted by molar-refractivity contribution is 7.26. The summed E-state index contributed by atoms with van der Waals surface area (Å²) in [5, 5.41) is 9.61. The first-order chi connectivity index (χ1) is 39.4. The molecule has 0 spiro atoms. The third-order valence-electron chi connectivity index (χ3n) is 17.1. The van der Waals surface area contributed by atoms with E-state index in [1.807, 2.05) is 11.3 Å². The third-order valence-corrected chi connectivity index (χ3v) is 18.3. The van der Waals surface area contributed by atoms with E-state index in [1.54, 1.807) is 0 Å². The van der Waals surface area contributed by atoms with Crippen molar-refractivity contribution in [3.63, 3.8) is 0 Å². The average Bonchev–Trinajstić information content (AvgIpc) is 4.46. The largest absolute Gasteiger partial charge is 0.309 e. The third kappa shape index (κ3) is 6.46. The van der Waals surface area contributed by atoms with Crippen LogP contribution in [0.3, 0.4) is 0 Å². The number of hydrogen-bond donors (Lipinski definition) is 0. The Hall–Kier alpha value is -10.1. The van der Waals surface area contributed by atoms with Crippen molar-refractivity contribution in [2.45, 2.75) is 19.3 Å². The van der Waals surface area contributed by atoms with Crippen molar-refractivity contribution < 1.29 is 0 Å². The van der Waals surface area contributed by atoms with Gasteiger partial charge in [-0.25, -0.2) is 0 Å². The van der Waals surface area contributed by atoms with Crippen LogP contribution >= 0.6 is 11.3 Å². The van der Waals surface area contributed by atoms with Crippen LogP contribution in [-0.4, -0.2) is 23.7 Å². The lowest BCUT2D eigenvalue weighted by atomic mass is 9.81. The summed E-state index contributed by atoms with van der Waals surface area (Å²) in [7, 11) is 0. The number of anilines is 3. The first-order valence-corrected chi connectivity index (χ1v) is 28.2. The second-order valence-corrected chi connectivity index (χ2v) is 22.8. The van der Waals surface area contributed by atoms with Gasteiger partial charge in [0.15, 0.2) is 0 Å². The van der Waals surface area contributed by atoms with Crippen molar-refractivity contribution in [3.8, 4) is 39.7 Å². The zero-order chi connectivity index (χ0) is 52.8. The highest BCUT2D eigenvalue weighted by Gasteiger charge is 2.35. The molecule has 6 nitrogen and oxygen atoms in total. The maximum Gasteiger partial charge on any atom is 0.238 e. The molecule has 1 aliphatic carbocycles. The Morgan fingerprint density at radius 2 is 0.950 bits per heavy atom. The Balaban J connectivity index is 0.953. The number of nitrogens with zero attached hydrogens (tertiary/aromatic N) is 6. The predicted molar refractivity (Wildman–Crippen MR) is 336 cm³/mol. The van der Waals surface area contributed by atoms with Crippen molar-refractivity contribution in [2.24, 2.45) is 0 Å². The molecular formula is C73H48N6S. The van der Waals surface area contributed by atoms with E-state index >= 15 is 0 Å². The van der Waals surface area contributed by atoms with E-state index in [1.165, 1.54) is 69.5 Å². The van der Waals surface area contributed by atoms with Gasteiger partial charge in [0.1, 0.15) is 11.6 Å². The van der Waals surface area contributed by atoms with Crippen molar-refractivity contribution in [3.05, 3.63) is 266 Å². The number of hydrogen-bond acceptors (Lipinski definition) is 4. The van der Waals surface area contributed by atoms with Gasteiger partial charge in [-0.2, -0.15) is 9.97 Å². The normalized spacial score (nSPS) is 13.0. The molecule has 80 heavy (non-hydrogen) atoms. The Morgan fingerprint density at radius 3 is 1.74 bits per heavy atom. The van der Waals surface area contributed by atoms with Gasteiger partial charge >= 0.3 is 0 Å². The van der Waals surface area contributed by atoms with Crippen LogP contribution in [0.25, 0.3) is 125 Å². The molecule has 376 valence electrons. The Labute approximate surface area is 464 Å². The summed E-state index contributed by atoms with van der Waals surface area (Å²) >= 11 is 1.86. The second kappa shape index (κ2) is 17.0. The summed E-state index contributed by atoms with van der Waals surface area (Å²) in [6.07, 6.45) is 0. The fourth-order valence-corrected chi connectivity index (χ4v) is 14.7. The Kier molecular flexibility index (Phi) is 9.54. The van der Waals surface area contributed by atoms with E-state index in [0.717, 1.165) is 78.1 Å². The smallest absolute Gasteiger partial charge is 0.238 e. The Morgan fingerprint density at radius 1 is 0.375 bits per heavy atom. The lowest BCUT2D eigenvalue weighted by molar-refractivity contribution is 0.660. The second-order valence-electron chi connectivity index (χ2n) is 21.7. The molecule has 0 aliphatic heterocycles. The van der Waals surface area contributed by atoms with E-state index in [2.05, 4.69) is 287 Å². The van der Waals surface area contributed by atoms with Gasteiger partial charge in [0.2, 0.25) is 5.95 Å². The summed E-state index contributed by atoms with van der Waals surface area (Å²) in [6.45, 7) is 4.71. The molecule has 0 bridgehead atoms. The quantitative estimate of drug-likeness (QED) is 0.160. The van der Waals surface area contributed by atoms with E-state index in [-0.39, 0.29) is 5.41 Å². The maximum absolute atomic E-state index is 5.83. The van der Waals surface area contributed by atoms with E-state index in [9.17, 15) is 0 Å². The molecule has 0 radical (unpaired) electrons. The first-order valence-electron chi connectivity index (χ1n) is 27.4. The van der Waals surface area contributed by atoms with E-state index < -0.39 is 0 Å². The molecule has 5 aromatic heterocycles. The molecule has 7 heteroatoms. The van der Waals surface area contributed by atoms with Crippen molar-refractivity contribution in [2.75, 3.05) is 4.90 Å². The molecular weight excluding hydrogens is 993 g/mol. The maximum atomic E-state index is 5.83. The summed E-state index contributed by atoms with van der Waals surface area (Å²) in [6, 6.07) is 92.9. The van der Waals surface area contributed by atoms with Gasteiger partial charge in [0.25, 0.3) is 0 Å². The SMILES string of the molecule is CC1(C)c2ccccc2-c2ccc(-c3ccc4c5ccccc5n(-c5nc(N(c6ccccc6)c6ccc7c8ccccc8n(-c8ccccc8)c7c6)cc(-n6c7ccccc7c7c8sc9ccccc9c8ccc76)n5)c4c3)cc21. The van der Waals surface area contributed by atoms with Crippen molar-refractivity contribution in [1.82, 2.24) is 23.7 Å². The molecule has 0 fully saturated rings. The Bertz CT molecular complexity index is 5230. The summed E-state index contributed by atoms with van der Waals surface area (Å²) in [4.78, 5) is 14.0. The molecule has 1 aliphatic rings. The van der Waals surface area contributed by atoms with Crippen LogP contribution in [0.2, 0.25) is 0 Å². The molecule has 0 unspecified atom stereocenters. The molecule has 0 saturated carbocycles. The zero-order valence-corrected chi connectivity index (χ0v) is 44.7. The minimum Gasteiger partial charge on any atom is -0.309 e. The van der Waals surface area contributed by atoms with Gasteiger partial charge in [-0.1, -0.05) is 184 Å². The molecule has 0 amide bonds. The van der Waals surface area contributed by atoms with E-state index in [0.29, 0.717) is 5.95 Å². The minimum atomic E-state index is -0.131. The summed E-state index contributed by atoms with van der Waals surface area (Å²) in [5.41, 5.74) is 17.1. The standard InChI is InChI=1S/C73H48N6S/c1-73(2)59-28-14-9-23-50(59)51-36-33-45(41-60(51)73)46-34-37-54-53-25-11-16-30-62(53)79(65(54)42-46)72-74-68(44-69(75-72)78-63-31-17-12-27-58(63)70-64(78)40-39-57-56-26-13-18-32-67(56)80-71(57)70)76(47-19-5-3-6-20-47)49-35-38-55-52-24-10-15-29-61(52)77(66(55)43-49)48-21-7-4-8-22-48/h3-44H,1-2H3. The minimum absolute atomic E-state index is 0.131. The van der Waals surface area contributed by atoms with Gasteiger partial charge in [0, 0.05) is 81.0 Å². The number of rotatable bonds is 7. The number of fused-ring (bicyclic) bond motifs is 16. The highest BCUT2D eigenvalue weighted by atomic mass is 32.1. The van der Waals surface area contributed by atoms with Crippen LogP contribution in [0.4, 0.5) is 17.2 Å². The van der Waals surface area contributed by atoms with Gasteiger partial charge in [-0.15, -0.1) is 11.3 Å². The fraction of sp³-hybridized carbons (Fsp3) is 0.0411. The summed E-state index contributed by atoms with van der Waals surface area (Å²) < 4.78 is 9.60. The van der Waals surface area contributed by atoms with Crippen LogP contribution in [-0.2, 0) is 5.41 Å². The fourth-order valence-electron chi connectivity index (χ4n) is 13.4. The van der Waals surface area contributed by atoms with Crippen LogP contribution in [0.15, 0.2) is 255 Å². The molecule has 16 aromatic rings. The first kappa shape index (κ1) is 45.0. The molecule has 0 atom stereocenters. The number of aromatic nitrogens is 5. The summed E-state index contributed by atoms with van der Waals surface area (Å²) in [5.74, 6) is 2.06. The monoisotopic (exact) mass is 1040 g/mol. The van der Waals surface area contributed by atoms with Crippen LogP contribution in [0.1, 0.15) is 25.0 Å². The highest BCUT2D eigenvalue weighted by Crippen LogP contribution is 2.50. The molecule has 17 rings (SSSR count). The predicted octanol–water partition coefficient (Wildman–Crippen LogP) is 19.6. The number of para-hydroxylation sites is 5. The van der Waals surface area contributed by atoms with Crippen LogP contribution in [0, 0.1) is 0 Å². The molecule has 0 saturated heterocycles. The van der Waals surface area contributed by atoms with Crippen LogP contribution in [0.5, 0.6) is 0 Å². The van der Waals surface area contributed by atoms with E-state index in [4.69, 9.17) is 9.97 Å². The average molecular weight is 1040 g/mol. The number of thiophene rings is 1. The number of benzene rings is 11. The van der Waals surface area contributed by atoms with Gasteiger partial charge in [0.05, 0.1) is 33.1 Å². The lowest BCUT2D eigenvalue weighted by Crippen LogP contribution is -2.15. The zero-order valence-electron chi connectivity index (χ0n) is 43.8.